The van der Waals surface area contributed by atoms with Crippen molar-refractivity contribution in [3.8, 4) is 5.75 Å². The molecule has 0 fully saturated rings. The average molecular weight is 252 g/mol. The van der Waals surface area contributed by atoms with Gasteiger partial charge in [0, 0.05) is 11.6 Å². The molecule has 0 aliphatic rings. The topological polar surface area (TPSA) is 9.23 Å². The molecule has 4 heteroatoms. The highest BCUT2D eigenvalue weighted by Gasteiger charge is 2.05. The summed E-state index contributed by atoms with van der Waals surface area (Å²) in [7, 11) is 0. The second-order valence-electron chi connectivity index (χ2n) is 3.94. The van der Waals surface area contributed by atoms with Gasteiger partial charge in [0.05, 0.1) is 0 Å². The Labute approximate surface area is 103 Å². The van der Waals surface area contributed by atoms with Gasteiger partial charge in [-0.2, -0.15) is 0 Å². The smallest absolute Gasteiger partial charge is 0.132 e. The summed E-state index contributed by atoms with van der Waals surface area (Å²) in [5.74, 6) is -1.17. The van der Waals surface area contributed by atoms with Crippen molar-refractivity contribution in [2.24, 2.45) is 0 Å². The van der Waals surface area contributed by atoms with E-state index in [1.165, 1.54) is 24.3 Å². The van der Waals surface area contributed by atoms with Crippen LogP contribution in [-0.4, -0.2) is 0 Å². The van der Waals surface area contributed by atoms with E-state index in [-0.39, 0.29) is 18.0 Å². The summed E-state index contributed by atoms with van der Waals surface area (Å²) in [6.07, 6.45) is 0. The number of hydrogen-bond acceptors (Lipinski definition) is 1. The molecule has 0 aromatic heterocycles. The van der Waals surface area contributed by atoms with E-state index in [4.69, 9.17) is 4.74 Å². The van der Waals surface area contributed by atoms with E-state index < -0.39 is 11.6 Å². The molecule has 0 aliphatic heterocycles. The monoisotopic (exact) mass is 252 g/mol. The van der Waals surface area contributed by atoms with Crippen LogP contribution in [0.1, 0.15) is 11.1 Å². The van der Waals surface area contributed by atoms with Gasteiger partial charge in [-0.05, 0) is 42.8 Å². The molecular formula is C14H11F3O. The van der Waals surface area contributed by atoms with E-state index in [1.54, 1.807) is 6.92 Å². The lowest BCUT2D eigenvalue weighted by atomic mass is 10.2. The van der Waals surface area contributed by atoms with E-state index >= 15 is 0 Å². The highest BCUT2D eigenvalue weighted by molar-refractivity contribution is 5.29. The summed E-state index contributed by atoms with van der Waals surface area (Å²) in [6, 6.07) is 7.56. The lowest BCUT2D eigenvalue weighted by molar-refractivity contribution is 0.298. The normalized spacial score (nSPS) is 10.4. The van der Waals surface area contributed by atoms with Crippen LogP contribution < -0.4 is 4.74 Å². The predicted molar refractivity (Wildman–Crippen MR) is 61.8 cm³/mol. The Morgan fingerprint density at radius 2 is 1.72 bits per heavy atom. The zero-order chi connectivity index (χ0) is 13.1. The van der Waals surface area contributed by atoms with Gasteiger partial charge in [-0.25, -0.2) is 13.2 Å². The van der Waals surface area contributed by atoms with Crippen LogP contribution in [-0.2, 0) is 6.61 Å². The Balaban J connectivity index is 2.09. The largest absolute Gasteiger partial charge is 0.489 e. The molecule has 18 heavy (non-hydrogen) atoms. The summed E-state index contributed by atoms with van der Waals surface area (Å²) >= 11 is 0. The van der Waals surface area contributed by atoms with Gasteiger partial charge in [0.2, 0.25) is 0 Å². The molecule has 2 aromatic carbocycles. The number of rotatable bonds is 3. The number of benzene rings is 2. The fourth-order valence-corrected chi connectivity index (χ4v) is 1.51. The van der Waals surface area contributed by atoms with Crippen molar-refractivity contribution in [2.75, 3.05) is 0 Å². The predicted octanol–water partition coefficient (Wildman–Crippen LogP) is 3.99. The first-order chi connectivity index (χ1) is 8.56. The van der Waals surface area contributed by atoms with Crippen molar-refractivity contribution in [1.82, 2.24) is 0 Å². The maximum absolute atomic E-state index is 13.3. The standard InChI is InChI=1S/C14H11F3O/c1-9-6-12(4-5-13(9)16)18-8-10-2-3-11(15)7-14(10)17/h2-7H,8H2,1H3. The van der Waals surface area contributed by atoms with E-state index in [1.807, 2.05) is 0 Å². The molecule has 0 spiro atoms. The van der Waals surface area contributed by atoms with Crippen molar-refractivity contribution in [2.45, 2.75) is 13.5 Å². The summed E-state index contributed by atoms with van der Waals surface area (Å²) in [5.41, 5.74) is 0.699. The van der Waals surface area contributed by atoms with E-state index in [2.05, 4.69) is 0 Å². The van der Waals surface area contributed by atoms with Gasteiger partial charge in [0.25, 0.3) is 0 Å². The lowest BCUT2D eigenvalue weighted by Gasteiger charge is -2.08. The quantitative estimate of drug-likeness (QED) is 0.802. The Morgan fingerprint density at radius 3 is 2.39 bits per heavy atom. The highest BCUT2D eigenvalue weighted by atomic mass is 19.1. The molecule has 0 atom stereocenters. The second-order valence-corrected chi connectivity index (χ2v) is 3.94. The fraction of sp³-hybridized carbons (Fsp3) is 0.143. The SMILES string of the molecule is Cc1cc(OCc2ccc(F)cc2F)ccc1F. The zero-order valence-corrected chi connectivity index (χ0v) is 9.71. The van der Waals surface area contributed by atoms with Crippen molar-refractivity contribution < 1.29 is 17.9 Å². The number of hydrogen-bond donors (Lipinski definition) is 0. The van der Waals surface area contributed by atoms with Gasteiger partial charge >= 0.3 is 0 Å². The van der Waals surface area contributed by atoms with Crippen LogP contribution in [0.4, 0.5) is 13.2 Å². The summed E-state index contributed by atoms with van der Waals surface area (Å²) in [6.45, 7) is 1.58. The van der Waals surface area contributed by atoms with Crippen molar-refractivity contribution >= 4 is 0 Å². The molecule has 1 nitrogen and oxygen atoms in total. The van der Waals surface area contributed by atoms with Crippen LogP contribution in [0.25, 0.3) is 0 Å². The van der Waals surface area contributed by atoms with Gasteiger partial charge in [0.1, 0.15) is 29.8 Å². The van der Waals surface area contributed by atoms with Crippen LogP contribution in [0.15, 0.2) is 36.4 Å². The Morgan fingerprint density at radius 1 is 0.944 bits per heavy atom. The molecule has 0 heterocycles. The van der Waals surface area contributed by atoms with E-state index in [0.29, 0.717) is 11.3 Å². The molecule has 0 N–H and O–H groups in total. The van der Waals surface area contributed by atoms with Crippen LogP contribution in [0, 0.1) is 24.4 Å². The summed E-state index contributed by atoms with van der Waals surface area (Å²) < 4.78 is 44.3. The molecule has 0 aliphatic carbocycles. The van der Waals surface area contributed by atoms with E-state index in [0.717, 1.165) is 12.1 Å². The lowest BCUT2D eigenvalue weighted by Crippen LogP contribution is -1.99. The fourth-order valence-electron chi connectivity index (χ4n) is 1.51. The maximum atomic E-state index is 13.3. The minimum absolute atomic E-state index is 0.0306. The minimum Gasteiger partial charge on any atom is -0.489 e. The van der Waals surface area contributed by atoms with Crippen molar-refractivity contribution in [3.63, 3.8) is 0 Å². The number of aryl methyl sites for hydroxylation is 1. The Bertz CT molecular complexity index is 567. The summed E-state index contributed by atoms with van der Waals surface area (Å²) in [4.78, 5) is 0. The minimum atomic E-state index is -0.658. The third-order valence-corrected chi connectivity index (χ3v) is 2.54. The molecule has 0 saturated heterocycles. The number of halogens is 3. The molecule has 0 amide bonds. The summed E-state index contributed by atoms with van der Waals surface area (Å²) in [5, 5.41) is 0. The van der Waals surface area contributed by atoms with Crippen molar-refractivity contribution in [3.05, 3.63) is 65.0 Å². The van der Waals surface area contributed by atoms with Crippen LogP contribution in [0.3, 0.4) is 0 Å². The molecule has 0 radical (unpaired) electrons. The highest BCUT2D eigenvalue weighted by Crippen LogP contribution is 2.18. The van der Waals surface area contributed by atoms with E-state index in [9.17, 15) is 13.2 Å². The van der Waals surface area contributed by atoms with Crippen LogP contribution in [0.2, 0.25) is 0 Å². The zero-order valence-electron chi connectivity index (χ0n) is 9.71. The molecule has 2 aromatic rings. The van der Waals surface area contributed by atoms with Gasteiger partial charge in [-0.3, -0.25) is 0 Å². The van der Waals surface area contributed by atoms with Gasteiger partial charge in [-0.15, -0.1) is 0 Å². The third kappa shape index (κ3) is 2.83. The first kappa shape index (κ1) is 12.5. The second kappa shape index (κ2) is 5.12. The Hall–Kier alpha value is -1.97. The molecule has 94 valence electrons. The molecule has 0 bridgehead atoms. The molecular weight excluding hydrogens is 241 g/mol. The molecule has 2 rings (SSSR count). The van der Waals surface area contributed by atoms with Gasteiger partial charge in [0.15, 0.2) is 0 Å². The van der Waals surface area contributed by atoms with Crippen LogP contribution in [0.5, 0.6) is 5.75 Å². The molecule has 0 unspecified atom stereocenters. The molecule has 0 saturated carbocycles. The van der Waals surface area contributed by atoms with Gasteiger partial charge in [-0.1, -0.05) is 0 Å². The third-order valence-electron chi connectivity index (χ3n) is 2.54. The average Bonchev–Trinajstić information content (AvgIpc) is 2.32. The Kier molecular flexibility index (Phi) is 3.55. The van der Waals surface area contributed by atoms with Crippen LogP contribution >= 0.6 is 0 Å². The first-order valence-electron chi connectivity index (χ1n) is 5.39. The maximum Gasteiger partial charge on any atom is 0.132 e. The van der Waals surface area contributed by atoms with Crippen molar-refractivity contribution in [1.29, 1.82) is 0 Å². The van der Waals surface area contributed by atoms with Gasteiger partial charge < -0.3 is 4.74 Å². The first-order valence-corrected chi connectivity index (χ1v) is 5.39. The number of ether oxygens (including phenoxy) is 1.